The van der Waals surface area contributed by atoms with Crippen LogP contribution in [-0.2, 0) is 11.3 Å². The highest BCUT2D eigenvalue weighted by molar-refractivity contribution is 9.10. The Hall–Kier alpha value is -2.63. The second-order valence-corrected chi connectivity index (χ2v) is 8.20. The van der Waals surface area contributed by atoms with Crippen molar-refractivity contribution in [3.63, 3.8) is 0 Å². The number of amidine groups is 1. The molecule has 1 fully saturated rings. The molecule has 4 rings (SSSR count). The van der Waals surface area contributed by atoms with Crippen molar-refractivity contribution in [2.24, 2.45) is 4.99 Å². The first-order valence-electron chi connectivity index (χ1n) is 8.84. The molecule has 0 saturated carbocycles. The highest BCUT2D eigenvalue weighted by Crippen LogP contribution is 2.35. The number of hydrogen-bond acceptors (Lipinski definition) is 3. The van der Waals surface area contributed by atoms with Gasteiger partial charge in [0.2, 0.25) is 0 Å². The minimum atomic E-state index is -0.0245. The van der Waals surface area contributed by atoms with E-state index in [-0.39, 0.29) is 5.91 Å². The highest BCUT2D eigenvalue weighted by atomic mass is 79.9. The molecule has 0 atom stereocenters. The number of aliphatic imine (C=N–C) groups is 1. The SMILES string of the molecule is O=C1/C(=C/c2cccc(Br)c2)SC(=Nc2ccccc2)N1Cc1ccccc1. The Morgan fingerprint density at radius 3 is 2.36 bits per heavy atom. The Balaban J connectivity index is 1.70. The van der Waals surface area contributed by atoms with E-state index in [1.165, 1.54) is 11.8 Å². The van der Waals surface area contributed by atoms with Gasteiger partial charge < -0.3 is 0 Å². The number of para-hydroxylation sites is 1. The zero-order valence-corrected chi connectivity index (χ0v) is 17.4. The molecule has 1 saturated heterocycles. The molecule has 0 spiro atoms. The molecule has 3 nitrogen and oxygen atoms in total. The van der Waals surface area contributed by atoms with Crippen LogP contribution in [0.2, 0.25) is 0 Å². The molecule has 5 heteroatoms. The van der Waals surface area contributed by atoms with E-state index < -0.39 is 0 Å². The van der Waals surface area contributed by atoms with Crippen LogP contribution >= 0.6 is 27.7 Å². The second kappa shape index (κ2) is 8.59. The lowest BCUT2D eigenvalue weighted by Crippen LogP contribution is -2.28. The zero-order valence-electron chi connectivity index (χ0n) is 15.0. The molecule has 1 heterocycles. The Labute approximate surface area is 176 Å². The van der Waals surface area contributed by atoms with Gasteiger partial charge in [0.15, 0.2) is 5.17 Å². The third-order valence-electron chi connectivity index (χ3n) is 4.20. The van der Waals surface area contributed by atoms with Crippen LogP contribution in [0.15, 0.2) is 99.3 Å². The third kappa shape index (κ3) is 4.43. The van der Waals surface area contributed by atoms with Crippen molar-refractivity contribution >= 4 is 50.5 Å². The number of benzene rings is 3. The second-order valence-electron chi connectivity index (χ2n) is 6.27. The number of carbonyl (C=O) groups is 1. The quantitative estimate of drug-likeness (QED) is 0.441. The Kier molecular flexibility index (Phi) is 5.74. The van der Waals surface area contributed by atoms with E-state index in [0.717, 1.165) is 21.3 Å². The molecule has 28 heavy (non-hydrogen) atoms. The van der Waals surface area contributed by atoms with Gasteiger partial charge in [-0.05, 0) is 53.2 Å². The normalized spacial score (nSPS) is 16.9. The van der Waals surface area contributed by atoms with Gasteiger partial charge in [-0.25, -0.2) is 4.99 Å². The van der Waals surface area contributed by atoms with Gasteiger partial charge in [0, 0.05) is 4.47 Å². The van der Waals surface area contributed by atoms with Crippen LogP contribution in [0.3, 0.4) is 0 Å². The fourth-order valence-electron chi connectivity index (χ4n) is 2.86. The molecule has 138 valence electrons. The van der Waals surface area contributed by atoms with E-state index in [2.05, 4.69) is 15.9 Å². The van der Waals surface area contributed by atoms with Crippen molar-refractivity contribution in [2.75, 3.05) is 0 Å². The third-order valence-corrected chi connectivity index (χ3v) is 5.70. The van der Waals surface area contributed by atoms with Gasteiger partial charge in [0.1, 0.15) is 0 Å². The minimum Gasteiger partial charge on any atom is -0.282 e. The van der Waals surface area contributed by atoms with Crippen LogP contribution < -0.4 is 0 Å². The average molecular weight is 449 g/mol. The molecule has 1 aliphatic rings. The van der Waals surface area contributed by atoms with E-state index >= 15 is 0 Å². The molecular weight excluding hydrogens is 432 g/mol. The molecule has 3 aromatic rings. The zero-order chi connectivity index (χ0) is 19.3. The van der Waals surface area contributed by atoms with Crippen molar-refractivity contribution in [3.8, 4) is 0 Å². The van der Waals surface area contributed by atoms with E-state index in [1.807, 2.05) is 91.0 Å². The maximum absolute atomic E-state index is 13.1. The van der Waals surface area contributed by atoms with E-state index in [4.69, 9.17) is 4.99 Å². The molecule has 0 N–H and O–H groups in total. The van der Waals surface area contributed by atoms with E-state index in [0.29, 0.717) is 16.6 Å². The summed E-state index contributed by atoms with van der Waals surface area (Å²) in [7, 11) is 0. The van der Waals surface area contributed by atoms with Crippen molar-refractivity contribution < 1.29 is 4.79 Å². The lowest BCUT2D eigenvalue weighted by atomic mass is 10.2. The number of thioether (sulfide) groups is 1. The molecule has 3 aromatic carbocycles. The lowest BCUT2D eigenvalue weighted by molar-refractivity contribution is -0.122. The van der Waals surface area contributed by atoms with Crippen LogP contribution in [0.5, 0.6) is 0 Å². The van der Waals surface area contributed by atoms with Crippen molar-refractivity contribution in [1.82, 2.24) is 4.90 Å². The van der Waals surface area contributed by atoms with Gasteiger partial charge in [0.05, 0.1) is 17.1 Å². The highest BCUT2D eigenvalue weighted by Gasteiger charge is 2.33. The van der Waals surface area contributed by atoms with Gasteiger partial charge in [-0.1, -0.05) is 76.6 Å². The number of nitrogens with zero attached hydrogens (tertiary/aromatic N) is 2. The number of amides is 1. The van der Waals surface area contributed by atoms with Gasteiger partial charge >= 0.3 is 0 Å². The van der Waals surface area contributed by atoms with Crippen molar-refractivity contribution in [1.29, 1.82) is 0 Å². The van der Waals surface area contributed by atoms with Gasteiger partial charge in [-0.3, -0.25) is 9.69 Å². The fraction of sp³-hybridized carbons (Fsp3) is 0.0435. The summed E-state index contributed by atoms with van der Waals surface area (Å²) in [4.78, 5) is 20.3. The van der Waals surface area contributed by atoms with Crippen LogP contribution in [0, 0.1) is 0 Å². The van der Waals surface area contributed by atoms with Crippen LogP contribution in [-0.4, -0.2) is 16.0 Å². The van der Waals surface area contributed by atoms with Crippen LogP contribution in [0.25, 0.3) is 6.08 Å². The van der Waals surface area contributed by atoms with Crippen molar-refractivity contribution in [3.05, 3.63) is 105 Å². The number of rotatable bonds is 4. The van der Waals surface area contributed by atoms with Gasteiger partial charge in [0.25, 0.3) is 5.91 Å². The number of halogens is 1. The van der Waals surface area contributed by atoms with E-state index in [1.54, 1.807) is 4.90 Å². The largest absolute Gasteiger partial charge is 0.282 e. The van der Waals surface area contributed by atoms with Gasteiger partial charge in [-0.15, -0.1) is 0 Å². The first-order chi connectivity index (χ1) is 13.7. The minimum absolute atomic E-state index is 0.0245. The molecule has 0 bridgehead atoms. The summed E-state index contributed by atoms with van der Waals surface area (Å²) < 4.78 is 0.983. The molecule has 1 aliphatic heterocycles. The predicted molar refractivity (Wildman–Crippen MR) is 120 cm³/mol. The molecule has 0 aromatic heterocycles. The maximum atomic E-state index is 13.1. The van der Waals surface area contributed by atoms with Crippen LogP contribution in [0.4, 0.5) is 5.69 Å². The monoisotopic (exact) mass is 448 g/mol. The van der Waals surface area contributed by atoms with E-state index in [9.17, 15) is 4.79 Å². The first-order valence-corrected chi connectivity index (χ1v) is 10.4. The smallest absolute Gasteiger partial charge is 0.267 e. The molecule has 0 radical (unpaired) electrons. The summed E-state index contributed by atoms with van der Waals surface area (Å²) >= 11 is 4.90. The lowest BCUT2D eigenvalue weighted by Gasteiger charge is -2.15. The molecule has 1 amide bonds. The number of carbonyl (C=O) groups excluding carboxylic acids is 1. The van der Waals surface area contributed by atoms with Gasteiger partial charge in [-0.2, -0.15) is 0 Å². The first kappa shape index (κ1) is 18.7. The van der Waals surface area contributed by atoms with Crippen molar-refractivity contribution in [2.45, 2.75) is 6.54 Å². The molecular formula is C23H17BrN2OS. The summed E-state index contributed by atoms with van der Waals surface area (Å²) in [5, 5.41) is 0.696. The topological polar surface area (TPSA) is 32.7 Å². The summed E-state index contributed by atoms with van der Waals surface area (Å²) in [6, 6.07) is 27.6. The number of hydrogen-bond donors (Lipinski definition) is 0. The Morgan fingerprint density at radius 1 is 0.929 bits per heavy atom. The molecule has 0 unspecified atom stereocenters. The summed E-state index contributed by atoms with van der Waals surface area (Å²) in [5.41, 5.74) is 2.88. The molecule has 0 aliphatic carbocycles. The average Bonchev–Trinajstić information content (AvgIpc) is 2.98. The summed E-state index contributed by atoms with van der Waals surface area (Å²) in [5.74, 6) is -0.0245. The van der Waals surface area contributed by atoms with Crippen LogP contribution in [0.1, 0.15) is 11.1 Å². The summed E-state index contributed by atoms with van der Waals surface area (Å²) in [6.45, 7) is 0.494. The Morgan fingerprint density at radius 2 is 1.64 bits per heavy atom. The fourth-order valence-corrected chi connectivity index (χ4v) is 4.27. The standard InChI is InChI=1S/C23H17BrN2OS/c24-19-11-7-10-18(14-19)15-21-22(27)26(16-17-8-3-1-4-9-17)23(28-21)25-20-12-5-2-6-13-20/h1-15H,16H2/b21-15-,25-23?. The predicted octanol–water partition coefficient (Wildman–Crippen LogP) is 6.25. The Bertz CT molecular complexity index is 1050. The summed E-state index contributed by atoms with van der Waals surface area (Å²) in [6.07, 6.45) is 1.92. The maximum Gasteiger partial charge on any atom is 0.267 e.